The van der Waals surface area contributed by atoms with E-state index in [2.05, 4.69) is 15.5 Å². The predicted molar refractivity (Wildman–Crippen MR) is 127 cm³/mol. The minimum Gasteiger partial charge on any atom is -0.497 e. The molecular formula is C26H33N3O3. The largest absolute Gasteiger partial charge is 0.497 e. The van der Waals surface area contributed by atoms with Crippen LogP contribution in [0.5, 0.6) is 5.75 Å². The van der Waals surface area contributed by atoms with Crippen molar-refractivity contribution < 1.29 is 14.3 Å². The maximum Gasteiger partial charge on any atom is 0.253 e. The van der Waals surface area contributed by atoms with Gasteiger partial charge in [-0.05, 0) is 68.5 Å². The van der Waals surface area contributed by atoms with Crippen LogP contribution in [0.25, 0.3) is 0 Å². The Morgan fingerprint density at radius 1 is 1.00 bits per heavy atom. The zero-order valence-corrected chi connectivity index (χ0v) is 19.0. The smallest absolute Gasteiger partial charge is 0.253 e. The van der Waals surface area contributed by atoms with Gasteiger partial charge in [-0.2, -0.15) is 0 Å². The summed E-state index contributed by atoms with van der Waals surface area (Å²) in [5.41, 5.74) is 3.33. The van der Waals surface area contributed by atoms with Crippen molar-refractivity contribution in [2.45, 2.75) is 51.5 Å². The van der Waals surface area contributed by atoms with E-state index in [1.165, 1.54) is 12.8 Å². The molecule has 170 valence electrons. The van der Waals surface area contributed by atoms with Gasteiger partial charge in [-0.15, -0.1) is 0 Å². The molecule has 6 nitrogen and oxygen atoms in total. The zero-order valence-electron chi connectivity index (χ0n) is 19.0. The number of nitrogens with zero attached hydrogens (tertiary/aromatic N) is 1. The first-order valence-electron chi connectivity index (χ1n) is 11.7. The number of carbonyl (C=O) groups is 2. The van der Waals surface area contributed by atoms with E-state index >= 15 is 0 Å². The SMILES string of the molecule is COc1ccc(C(C)NC(=O)c2ccc(NC(=O)C3CC3)cc2N2CCCCCC2)cc1. The third kappa shape index (κ3) is 5.42. The Labute approximate surface area is 190 Å². The van der Waals surface area contributed by atoms with Crippen molar-refractivity contribution in [3.8, 4) is 5.75 Å². The number of anilines is 2. The summed E-state index contributed by atoms with van der Waals surface area (Å²) in [6, 6.07) is 13.3. The van der Waals surface area contributed by atoms with E-state index in [0.717, 1.165) is 61.5 Å². The third-order valence-corrected chi connectivity index (χ3v) is 6.37. The second kappa shape index (κ2) is 10.1. The summed E-state index contributed by atoms with van der Waals surface area (Å²) in [5.74, 6) is 0.911. The highest BCUT2D eigenvalue weighted by Crippen LogP contribution is 2.32. The van der Waals surface area contributed by atoms with Gasteiger partial charge in [0.15, 0.2) is 0 Å². The molecule has 2 aromatic rings. The molecule has 6 heteroatoms. The molecule has 1 atom stereocenters. The van der Waals surface area contributed by atoms with Crippen molar-refractivity contribution in [1.82, 2.24) is 5.32 Å². The summed E-state index contributed by atoms with van der Waals surface area (Å²) in [5, 5.41) is 6.17. The van der Waals surface area contributed by atoms with Gasteiger partial charge in [0.2, 0.25) is 5.91 Å². The molecule has 2 N–H and O–H groups in total. The lowest BCUT2D eigenvalue weighted by Crippen LogP contribution is -2.31. The van der Waals surface area contributed by atoms with Crippen LogP contribution in [0.15, 0.2) is 42.5 Å². The van der Waals surface area contributed by atoms with Crippen LogP contribution >= 0.6 is 0 Å². The number of rotatable bonds is 7. The molecule has 0 spiro atoms. The minimum absolute atomic E-state index is 0.0807. The van der Waals surface area contributed by atoms with E-state index in [4.69, 9.17) is 4.74 Å². The Balaban J connectivity index is 1.55. The third-order valence-electron chi connectivity index (χ3n) is 6.37. The average molecular weight is 436 g/mol. The van der Waals surface area contributed by atoms with Crippen molar-refractivity contribution >= 4 is 23.2 Å². The number of benzene rings is 2. The lowest BCUT2D eigenvalue weighted by Gasteiger charge is -2.26. The summed E-state index contributed by atoms with van der Waals surface area (Å²) >= 11 is 0. The molecule has 0 radical (unpaired) electrons. The van der Waals surface area contributed by atoms with E-state index < -0.39 is 0 Å². The zero-order chi connectivity index (χ0) is 22.5. The van der Waals surface area contributed by atoms with Gasteiger partial charge in [0, 0.05) is 24.7 Å². The first-order chi connectivity index (χ1) is 15.5. The number of hydrogen-bond acceptors (Lipinski definition) is 4. The van der Waals surface area contributed by atoms with Gasteiger partial charge < -0.3 is 20.3 Å². The van der Waals surface area contributed by atoms with Crippen molar-refractivity contribution in [1.29, 1.82) is 0 Å². The molecule has 2 aliphatic rings. The summed E-state index contributed by atoms with van der Waals surface area (Å²) in [4.78, 5) is 27.9. The maximum atomic E-state index is 13.3. The summed E-state index contributed by atoms with van der Waals surface area (Å²) in [6.45, 7) is 3.83. The monoisotopic (exact) mass is 435 g/mol. The van der Waals surface area contributed by atoms with Crippen molar-refractivity contribution in [2.75, 3.05) is 30.4 Å². The number of ether oxygens (including phenoxy) is 1. The van der Waals surface area contributed by atoms with Crippen LogP contribution in [-0.2, 0) is 4.79 Å². The molecule has 32 heavy (non-hydrogen) atoms. The highest BCUT2D eigenvalue weighted by Gasteiger charge is 2.30. The quantitative estimate of drug-likeness (QED) is 0.648. The lowest BCUT2D eigenvalue weighted by molar-refractivity contribution is -0.117. The van der Waals surface area contributed by atoms with Crippen LogP contribution in [0.3, 0.4) is 0 Å². The molecule has 2 amide bonds. The van der Waals surface area contributed by atoms with Crippen molar-refractivity contribution in [3.63, 3.8) is 0 Å². The van der Waals surface area contributed by atoms with Crippen molar-refractivity contribution in [3.05, 3.63) is 53.6 Å². The molecule has 0 bridgehead atoms. The van der Waals surface area contributed by atoms with Gasteiger partial charge in [0.1, 0.15) is 5.75 Å². The van der Waals surface area contributed by atoms with Gasteiger partial charge in [-0.25, -0.2) is 0 Å². The standard InChI is InChI=1S/C26H33N3O3/c1-18(19-9-12-22(32-2)13-10-19)27-26(31)23-14-11-21(28-25(30)20-7-8-20)17-24(23)29-15-5-3-4-6-16-29/h9-14,17-18,20H,3-8,15-16H2,1-2H3,(H,27,31)(H,28,30). The molecule has 4 rings (SSSR count). The summed E-state index contributed by atoms with van der Waals surface area (Å²) < 4.78 is 5.23. The molecule has 1 unspecified atom stereocenters. The molecule has 1 aliphatic heterocycles. The molecule has 1 heterocycles. The number of carbonyl (C=O) groups excluding carboxylic acids is 2. The fourth-order valence-corrected chi connectivity index (χ4v) is 4.21. The lowest BCUT2D eigenvalue weighted by atomic mass is 10.1. The van der Waals surface area contributed by atoms with E-state index in [9.17, 15) is 9.59 Å². The van der Waals surface area contributed by atoms with Gasteiger partial charge >= 0.3 is 0 Å². The molecule has 0 aromatic heterocycles. The van der Waals surface area contributed by atoms with E-state index in [1.54, 1.807) is 7.11 Å². The Hall–Kier alpha value is -3.02. The molecular weight excluding hydrogens is 402 g/mol. The molecule has 1 saturated heterocycles. The maximum absolute atomic E-state index is 13.3. The van der Waals surface area contributed by atoms with Gasteiger partial charge in [-0.3, -0.25) is 9.59 Å². The first-order valence-corrected chi connectivity index (χ1v) is 11.7. The van der Waals surface area contributed by atoms with Crippen LogP contribution in [0.4, 0.5) is 11.4 Å². The van der Waals surface area contributed by atoms with Crippen molar-refractivity contribution in [2.24, 2.45) is 5.92 Å². The number of amides is 2. The Bertz CT molecular complexity index is 945. The topological polar surface area (TPSA) is 70.7 Å². The minimum atomic E-state index is -0.139. The van der Waals surface area contributed by atoms with Crippen LogP contribution in [0, 0.1) is 5.92 Å². The van der Waals surface area contributed by atoms with Gasteiger partial charge in [-0.1, -0.05) is 25.0 Å². The average Bonchev–Trinajstić information content (AvgIpc) is 3.66. The molecule has 2 fully saturated rings. The first kappa shape index (κ1) is 22.2. The molecule has 1 aliphatic carbocycles. The fourth-order valence-electron chi connectivity index (χ4n) is 4.21. The highest BCUT2D eigenvalue weighted by molar-refractivity contribution is 6.02. The fraction of sp³-hybridized carbons (Fsp3) is 0.462. The van der Waals surface area contributed by atoms with E-state index in [0.29, 0.717) is 5.56 Å². The Morgan fingerprint density at radius 2 is 1.69 bits per heavy atom. The highest BCUT2D eigenvalue weighted by atomic mass is 16.5. The van der Waals surface area contributed by atoms with Gasteiger partial charge in [0.25, 0.3) is 5.91 Å². The summed E-state index contributed by atoms with van der Waals surface area (Å²) in [6.07, 6.45) is 6.59. The van der Waals surface area contributed by atoms with Crippen LogP contribution in [0.2, 0.25) is 0 Å². The molecule has 2 aromatic carbocycles. The second-order valence-corrected chi connectivity index (χ2v) is 8.87. The van der Waals surface area contributed by atoms with E-state index in [1.807, 2.05) is 49.4 Å². The summed E-state index contributed by atoms with van der Waals surface area (Å²) in [7, 11) is 1.64. The van der Waals surface area contributed by atoms with Crippen LogP contribution < -0.4 is 20.3 Å². The van der Waals surface area contributed by atoms with Crippen LogP contribution in [-0.4, -0.2) is 32.0 Å². The second-order valence-electron chi connectivity index (χ2n) is 8.87. The van der Waals surface area contributed by atoms with E-state index in [-0.39, 0.29) is 23.8 Å². The number of hydrogen-bond donors (Lipinski definition) is 2. The Morgan fingerprint density at radius 3 is 2.31 bits per heavy atom. The van der Waals surface area contributed by atoms with Gasteiger partial charge in [0.05, 0.1) is 24.4 Å². The number of methoxy groups -OCH3 is 1. The predicted octanol–water partition coefficient (Wildman–Crippen LogP) is 4.92. The van der Waals surface area contributed by atoms with Crippen LogP contribution in [0.1, 0.15) is 67.4 Å². The normalized spacial score (nSPS) is 17.2. The molecule has 1 saturated carbocycles. The Kier molecular flexibility index (Phi) is 6.98. The number of nitrogens with one attached hydrogen (secondary N) is 2.